The van der Waals surface area contributed by atoms with Crippen LogP contribution in [0.5, 0.6) is 0 Å². The lowest BCUT2D eigenvalue weighted by Gasteiger charge is -2.37. The lowest BCUT2D eigenvalue weighted by molar-refractivity contribution is -0.136. The molecule has 1 atom stereocenters. The molecule has 2 aliphatic heterocycles. The summed E-state index contributed by atoms with van der Waals surface area (Å²) in [5.41, 5.74) is 0.464. The number of fused-ring (bicyclic) bond motifs is 1. The molecule has 0 radical (unpaired) electrons. The molecule has 2 aliphatic rings. The van der Waals surface area contributed by atoms with E-state index in [1.165, 1.54) is 18.0 Å². The zero-order valence-electron chi connectivity index (χ0n) is 17.5. The van der Waals surface area contributed by atoms with Crippen molar-refractivity contribution in [2.45, 2.75) is 37.9 Å². The third kappa shape index (κ3) is 4.03. The first-order valence-electron chi connectivity index (χ1n) is 10.1. The Balaban J connectivity index is 1.40. The second-order valence-corrected chi connectivity index (χ2v) is 9.71. The molecule has 2 aromatic rings. The first-order chi connectivity index (χ1) is 14.2. The summed E-state index contributed by atoms with van der Waals surface area (Å²) in [6.45, 7) is 8.34. The molecule has 0 bridgehead atoms. The molecule has 2 amide bonds. The first kappa shape index (κ1) is 20.7. The van der Waals surface area contributed by atoms with E-state index in [0.29, 0.717) is 49.4 Å². The van der Waals surface area contributed by atoms with E-state index < -0.39 is 0 Å². The maximum Gasteiger partial charge on any atom is 0.289 e. The number of carbonyl (C=O) groups excluding carboxylic acids is 2. The Hall–Kier alpha value is -2.55. The van der Waals surface area contributed by atoms with E-state index in [2.05, 4.69) is 4.98 Å². The van der Waals surface area contributed by atoms with Crippen molar-refractivity contribution in [3.63, 3.8) is 0 Å². The number of hydrogen-bond donors (Lipinski definition) is 0. The zero-order valence-corrected chi connectivity index (χ0v) is 18.3. The van der Waals surface area contributed by atoms with Gasteiger partial charge >= 0.3 is 0 Å². The first-order valence-corrected chi connectivity index (χ1v) is 11.1. The van der Waals surface area contributed by atoms with Crippen LogP contribution in [-0.2, 0) is 16.8 Å². The maximum absolute atomic E-state index is 13.1. The van der Waals surface area contributed by atoms with Crippen molar-refractivity contribution in [1.29, 1.82) is 0 Å². The van der Waals surface area contributed by atoms with Gasteiger partial charge in [0.1, 0.15) is 0 Å². The Morgan fingerprint density at radius 3 is 2.50 bits per heavy atom. The molecule has 1 saturated heterocycles. The average molecular weight is 431 g/mol. The van der Waals surface area contributed by atoms with Crippen LogP contribution in [0.15, 0.2) is 38.8 Å². The minimum absolute atomic E-state index is 0.0324. The van der Waals surface area contributed by atoms with E-state index in [1.54, 1.807) is 32.6 Å². The number of thioether (sulfide) groups is 1. The lowest BCUT2D eigenvalue weighted by atomic mass is 9.92. The molecule has 8 nitrogen and oxygen atoms in total. The fraction of sp³-hybridized carbons (Fsp3) is 0.524. The van der Waals surface area contributed by atoms with Gasteiger partial charge in [-0.05, 0) is 12.1 Å². The second-order valence-electron chi connectivity index (χ2n) is 8.73. The van der Waals surface area contributed by atoms with Crippen LogP contribution in [0.1, 0.15) is 37.0 Å². The number of carbonyl (C=O) groups is 2. The third-order valence-electron chi connectivity index (χ3n) is 5.52. The van der Waals surface area contributed by atoms with Gasteiger partial charge in [-0.2, -0.15) is 0 Å². The molecule has 4 heterocycles. The third-order valence-corrected chi connectivity index (χ3v) is 6.66. The summed E-state index contributed by atoms with van der Waals surface area (Å²) < 4.78 is 6.79. The number of hydrogen-bond acceptors (Lipinski definition) is 6. The zero-order chi connectivity index (χ0) is 21.5. The van der Waals surface area contributed by atoms with E-state index >= 15 is 0 Å². The topological polar surface area (TPSA) is 88.7 Å². The maximum atomic E-state index is 13.1. The molecule has 9 heteroatoms. The van der Waals surface area contributed by atoms with Gasteiger partial charge in [-0.3, -0.25) is 19.0 Å². The molecule has 160 valence electrons. The van der Waals surface area contributed by atoms with Crippen LogP contribution >= 0.6 is 11.8 Å². The van der Waals surface area contributed by atoms with Gasteiger partial charge in [0, 0.05) is 50.0 Å². The van der Waals surface area contributed by atoms with Gasteiger partial charge in [-0.25, -0.2) is 4.98 Å². The lowest BCUT2D eigenvalue weighted by Crippen LogP contribution is -2.53. The summed E-state index contributed by atoms with van der Waals surface area (Å²) in [4.78, 5) is 46.2. The Morgan fingerprint density at radius 2 is 1.87 bits per heavy atom. The molecular formula is C21H26N4O4S. The number of amides is 2. The minimum Gasteiger partial charge on any atom is -0.459 e. The highest BCUT2D eigenvalue weighted by molar-refractivity contribution is 7.99. The standard InChI is InChI=1S/C21H26N4O4S/c1-21(2,3)16-11-17(26)25-12-14(13-30-20(25)22-16)18(27)23-6-8-24(9-7-23)19(28)15-5-4-10-29-15/h4-5,10-11,14H,6-9,12-13H2,1-3H3/t14-/m1/s1. The van der Waals surface area contributed by atoms with Crippen molar-refractivity contribution in [1.82, 2.24) is 19.4 Å². The van der Waals surface area contributed by atoms with Crippen molar-refractivity contribution >= 4 is 23.6 Å². The van der Waals surface area contributed by atoms with E-state index in [-0.39, 0.29) is 28.7 Å². The van der Waals surface area contributed by atoms with Gasteiger partial charge in [0.25, 0.3) is 11.5 Å². The monoisotopic (exact) mass is 430 g/mol. The molecule has 0 saturated carbocycles. The average Bonchev–Trinajstić information content (AvgIpc) is 3.27. The second kappa shape index (κ2) is 7.94. The highest BCUT2D eigenvalue weighted by atomic mass is 32.2. The molecule has 1 fully saturated rings. The van der Waals surface area contributed by atoms with Crippen LogP contribution in [0.2, 0.25) is 0 Å². The molecule has 30 heavy (non-hydrogen) atoms. The van der Waals surface area contributed by atoms with Crippen molar-refractivity contribution in [2.24, 2.45) is 5.92 Å². The largest absolute Gasteiger partial charge is 0.459 e. The smallest absolute Gasteiger partial charge is 0.289 e. The summed E-state index contributed by atoms with van der Waals surface area (Å²) in [6, 6.07) is 4.91. The Morgan fingerprint density at radius 1 is 1.17 bits per heavy atom. The molecule has 4 rings (SSSR count). The SMILES string of the molecule is CC(C)(C)c1cc(=O)n2c(n1)SC[C@H](C(=O)N1CCN(C(=O)c3ccco3)CC1)C2. The molecule has 0 aromatic carbocycles. The normalized spacial score (nSPS) is 19.5. The fourth-order valence-electron chi connectivity index (χ4n) is 3.69. The number of nitrogens with zero attached hydrogens (tertiary/aromatic N) is 4. The van der Waals surface area contributed by atoms with Crippen LogP contribution in [0.3, 0.4) is 0 Å². The Kier molecular flexibility index (Phi) is 5.48. The Bertz CT molecular complexity index is 1000. The molecule has 0 aliphatic carbocycles. The number of aromatic nitrogens is 2. The summed E-state index contributed by atoms with van der Waals surface area (Å²) in [6.07, 6.45) is 1.48. The van der Waals surface area contributed by atoms with Gasteiger partial charge in [0.05, 0.1) is 17.9 Å². The van der Waals surface area contributed by atoms with E-state index in [0.717, 1.165) is 5.69 Å². The molecular weight excluding hydrogens is 404 g/mol. The van der Waals surface area contributed by atoms with Crippen LogP contribution in [0, 0.1) is 5.92 Å². The minimum atomic E-state index is -0.269. The highest BCUT2D eigenvalue weighted by Crippen LogP contribution is 2.29. The van der Waals surface area contributed by atoms with E-state index in [9.17, 15) is 14.4 Å². The number of rotatable bonds is 2. The van der Waals surface area contributed by atoms with E-state index in [1.807, 2.05) is 20.8 Å². The molecule has 0 N–H and O–H groups in total. The fourth-order valence-corrected chi connectivity index (χ4v) is 4.77. The summed E-state index contributed by atoms with van der Waals surface area (Å²) in [5, 5.41) is 0.685. The van der Waals surface area contributed by atoms with Gasteiger partial charge in [0.2, 0.25) is 5.91 Å². The van der Waals surface area contributed by atoms with Crippen LogP contribution < -0.4 is 5.56 Å². The molecule has 0 spiro atoms. The van der Waals surface area contributed by atoms with Crippen molar-refractivity contribution in [2.75, 3.05) is 31.9 Å². The van der Waals surface area contributed by atoms with Crippen molar-refractivity contribution < 1.29 is 14.0 Å². The number of furan rings is 1. The Labute approximate surface area is 179 Å². The number of piperazine rings is 1. The molecule has 2 aromatic heterocycles. The van der Waals surface area contributed by atoms with Gasteiger partial charge in [-0.15, -0.1) is 0 Å². The van der Waals surface area contributed by atoms with E-state index in [4.69, 9.17) is 4.42 Å². The van der Waals surface area contributed by atoms with Crippen molar-refractivity contribution in [3.05, 3.63) is 46.3 Å². The van der Waals surface area contributed by atoms with Crippen LogP contribution in [0.25, 0.3) is 0 Å². The van der Waals surface area contributed by atoms with Gasteiger partial charge < -0.3 is 14.2 Å². The predicted molar refractivity (Wildman–Crippen MR) is 113 cm³/mol. The highest BCUT2D eigenvalue weighted by Gasteiger charge is 2.33. The summed E-state index contributed by atoms with van der Waals surface area (Å²) in [5.74, 6) is 0.530. The van der Waals surface area contributed by atoms with Gasteiger partial charge in [-0.1, -0.05) is 32.5 Å². The van der Waals surface area contributed by atoms with Crippen LogP contribution in [-0.4, -0.2) is 63.1 Å². The van der Waals surface area contributed by atoms with Gasteiger partial charge in [0.15, 0.2) is 10.9 Å². The van der Waals surface area contributed by atoms with Crippen LogP contribution in [0.4, 0.5) is 0 Å². The predicted octanol–water partition coefficient (Wildman–Crippen LogP) is 1.84. The summed E-state index contributed by atoms with van der Waals surface area (Å²) >= 11 is 1.46. The van der Waals surface area contributed by atoms with Crippen molar-refractivity contribution in [3.8, 4) is 0 Å². The quantitative estimate of drug-likeness (QED) is 0.676. The summed E-state index contributed by atoms with van der Waals surface area (Å²) in [7, 11) is 0. The molecule has 0 unspecified atom stereocenters.